The van der Waals surface area contributed by atoms with Gasteiger partial charge < -0.3 is 15.4 Å². The maximum absolute atomic E-state index is 12.1. The van der Waals surface area contributed by atoms with Crippen LogP contribution in [0.3, 0.4) is 0 Å². The van der Waals surface area contributed by atoms with Gasteiger partial charge in [-0.25, -0.2) is 15.0 Å². The summed E-state index contributed by atoms with van der Waals surface area (Å²) in [6.07, 6.45) is 2.84. The van der Waals surface area contributed by atoms with Gasteiger partial charge in [-0.3, -0.25) is 4.79 Å². The van der Waals surface area contributed by atoms with E-state index in [-0.39, 0.29) is 12.5 Å². The highest BCUT2D eigenvalue weighted by Gasteiger charge is 2.11. The number of rotatable bonds is 3. The molecule has 1 amide bonds. The smallest absolute Gasteiger partial charge is 0.256 e. The number of aromatic amines is 1. The molecule has 2 aromatic heterocycles. The third-order valence-corrected chi connectivity index (χ3v) is 2.85. The second-order valence-corrected chi connectivity index (χ2v) is 4.13. The Morgan fingerprint density at radius 2 is 2.00 bits per heavy atom. The van der Waals surface area contributed by atoms with Crippen LogP contribution in [0.4, 0.5) is 5.82 Å². The molecule has 0 bridgehead atoms. The molecule has 0 saturated heterocycles. The van der Waals surface area contributed by atoms with Crippen LogP contribution in [0.25, 0.3) is 11.2 Å². The fraction of sp³-hybridized carbons (Fsp3) is 0.0769. The van der Waals surface area contributed by atoms with E-state index in [0.29, 0.717) is 22.5 Å². The molecular formula is C13H11N5O2. The van der Waals surface area contributed by atoms with Crippen LogP contribution in [0.5, 0.6) is 0 Å². The Kier molecular flexibility index (Phi) is 3.10. The largest absolute Gasteiger partial charge is 0.392 e. The van der Waals surface area contributed by atoms with Gasteiger partial charge in [0, 0.05) is 5.56 Å². The first-order valence-electron chi connectivity index (χ1n) is 5.93. The van der Waals surface area contributed by atoms with Crippen LogP contribution in [-0.2, 0) is 6.61 Å². The molecule has 0 aliphatic rings. The highest BCUT2D eigenvalue weighted by Crippen LogP contribution is 2.15. The molecular weight excluding hydrogens is 258 g/mol. The van der Waals surface area contributed by atoms with Gasteiger partial charge in [-0.15, -0.1) is 0 Å². The predicted octanol–water partition coefficient (Wildman–Crippen LogP) is 1.10. The van der Waals surface area contributed by atoms with Gasteiger partial charge in [-0.2, -0.15) is 0 Å². The summed E-state index contributed by atoms with van der Waals surface area (Å²) in [6, 6.07) is 6.67. The van der Waals surface area contributed by atoms with Crippen molar-refractivity contribution in [3.63, 3.8) is 0 Å². The molecule has 0 aliphatic carbocycles. The van der Waals surface area contributed by atoms with E-state index in [4.69, 9.17) is 5.11 Å². The lowest BCUT2D eigenvalue weighted by molar-refractivity contribution is 0.102. The van der Waals surface area contributed by atoms with Crippen molar-refractivity contribution >= 4 is 22.9 Å². The Morgan fingerprint density at radius 1 is 1.20 bits per heavy atom. The molecule has 0 unspecified atom stereocenters. The number of anilines is 1. The van der Waals surface area contributed by atoms with Crippen LogP contribution < -0.4 is 5.32 Å². The summed E-state index contributed by atoms with van der Waals surface area (Å²) in [5.41, 5.74) is 2.29. The highest BCUT2D eigenvalue weighted by atomic mass is 16.3. The molecule has 7 nitrogen and oxygen atoms in total. The lowest BCUT2D eigenvalue weighted by Gasteiger charge is -2.05. The number of benzene rings is 1. The number of aliphatic hydroxyl groups is 1. The van der Waals surface area contributed by atoms with Gasteiger partial charge in [-0.1, -0.05) is 12.1 Å². The Bertz CT molecular complexity index is 751. The van der Waals surface area contributed by atoms with Crippen molar-refractivity contribution in [1.82, 2.24) is 19.9 Å². The number of imidazole rings is 1. The van der Waals surface area contributed by atoms with E-state index in [1.165, 1.54) is 12.7 Å². The van der Waals surface area contributed by atoms with E-state index in [0.717, 1.165) is 5.56 Å². The van der Waals surface area contributed by atoms with Crippen molar-refractivity contribution < 1.29 is 9.90 Å². The molecule has 20 heavy (non-hydrogen) atoms. The van der Waals surface area contributed by atoms with Gasteiger partial charge >= 0.3 is 0 Å². The van der Waals surface area contributed by atoms with Crippen LogP contribution in [0.15, 0.2) is 36.9 Å². The molecule has 0 fully saturated rings. The number of amides is 1. The Balaban J connectivity index is 1.86. The molecule has 3 aromatic rings. The SMILES string of the molecule is O=C(Nc1ncnc2[nH]cnc12)c1ccc(CO)cc1. The maximum Gasteiger partial charge on any atom is 0.256 e. The van der Waals surface area contributed by atoms with Crippen LogP contribution >= 0.6 is 0 Å². The zero-order valence-corrected chi connectivity index (χ0v) is 10.4. The summed E-state index contributed by atoms with van der Waals surface area (Å²) in [7, 11) is 0. The molecule has 3 N–H and O–H groups in total. The highest BCUT2D eigenvalue weighted by molar-refractivity contribution is 6.06. The van der Waals surface area contributed by atoms with Crippen molar-refractivity contribution in [2.45, 2.75) is 6.61 Å². The van der Waals surface area contributed by atoms with Gasteiger partial charge in [0.2, 0.25) is 0 Å². The van der Waals surface area contributed by atoms with Crippen LogP contribution in [0.2, 0.25) is 0 Å². The normalized spacial score (nSPS) is 10.7. The number of nitrogens with one attached hydrogen (secondary N) is 2. The summed E-state index contributed by atoms with van der Waals surface area (Å²) < 4.78 is 0. The molecule has 0 atom stereocenters. The minimum absolute atomic E-state index is 0.0539. The summed E-state index contributed by atoms with van der Waals surface area (Å²) in [5.74, 6) is 0.0602. The summed E-state index contributed by atoms with van der Waals surface area (Å²) in [6.45, 7) is -0.0539. The third kappa shape index (κ3) is 2.21. The number of carbonyl (C=O) groups is 1. The Hall–Kier alpha value is -2.80. The average molecular weight is 269 g/mol. The Morgan fingerprint density at radius 3 is 2.75 bits per heavy atom. The minimum Gasteiger partial charge on any atom is -0.392 e. The number of nitrogens with zero attached hydrogens (tertiary/aromatic N) is 3. The van der Waals surface area contributed by atoms with Gasteiger partial charge in [0.05, 0.1) is 12.9 Å². The molecule has 7 heteroatoms. The monoisotopic (exact) mass is 269 g/mol. The quantitative estimate of drug-likeness (QED) is 0.660. The van der Waals surface area contributed by atoms with E-state index in [9.17, 15) is 4.79 Å². The average Bonchev–Trinajstić information content (AvgIpc) is 2.97. The topological polar surface area (TPSA) is 104 Å². The number of hydrogen-bond donors (Lipinski definition) is 3. The van der Waals surface area contributed by atoms with E-state index >= 15 is 0 Å². The minimum atomic E-state index is -0.294. The molecule has 100 valence electrons. The van der Waals surface area contributed by atoms with Crippen molar-refractivity contribution in [3.8, 4) is 0 Å². The third-order valence-electron chi connectivity index (χ3n) is 2.85. The van der Waals surface area contributed by atoms with Gasteiger partial charge in [-0.05, 0) is 17.7 Å². The summed E-state index contributed by atoms with van der Waals surface area (Å²) in [5, 5.41) is 11.7. The molecule has 0 spiro atoms. The van der Waals surface area contributed by atoms with E-state index in [1.54, 1.807) is 24.3 Å². The molecule has 0 aliphatic heterocycles. The summed E-state index contributed by atoms with van der Waals surface area (Å²) >= 11 is 0. The molecule has 0 saturated carbocycles. The van der Waals surface area contributed by atoms with E-state index < -0.39 is 0 Å². The number of aliphatic hydroxyl groups excluding tert-OH is 1. The van der Waals surface area contributed by atoms with Crippen molar-refractivity contribution in [2.75, 3.05) is 5.32 Å². The van der Waals surface area contributed by atoms with Gasteiger partial charge in [0.15, 0.2) is 17.0 Å². The lowest BCUT2D eigenvalue weighted by Crippen LogP contribution is -2.13. The zero-order valence-electron chi connectivity index (χ0n) is 10.4. The fourth-order valence-electron chi connectivity index (χ4n) is 1.80. The summed E-state index contributed by atoms with van der Waals surface area (Å²) in [4.78, 5) is 27.0. The fourth-order valence-corrected chi connectivity index (χ4v) is 1.80. The van der Waals surface area contributed by atoms with Gasteiger partial charge in [0.1, 0.15) is 6.33 Å². The first kappa shape index (κ1) is 12.2. The number of carbonyl (C=O) groups excluding carboxylic acids is 1. The van der Waals surface area contributed by atoms with Gasteiger partial charge in [0.25, 0.3) is 5.91 Å². The molecule has 0 radical (unpaired) electrons. The second kappa shape index (κ2) is 5.06. The molecule has 3 rings (SSSR count). The Labute approximate surface area is 113 Å². The first-order chi connectivity index (χ1) is 9.78. The van der Waals surface area contributed by atoms with Crippen molar-refractivity contribution in [1.29, 1.82) is 0 Å². The standard InChI is InChI=1S/C13H11N5O2/c19-5-8-1-3-9(4-2-8)13(20)18-12-10-11(15-6-14-10)16-7-17-12/h1-4,6-7,19H,5H2,(H2,14,15,16,17,18,20). The van der Waals surface area contributed by atoms with E-state index in [1.807, 2.05) is 0 Å². The predicted molar refractivity (Wildman–Crippen MR) is 72.0 cm³/mol. The first-order valence-corrected chi connectivity index (χ1v) is 5.93. The number of H-pyrrole nitrogens is 1. The number of hydrogen-bond acceptors (Lipinski definition) is 5. The van der Waals surface area contributed by atoms with Crippen LogP contribution in [0.1, 0.15) is 15.9 Å². The van der Waals surface area contributed by atoms with Crippen molar-refractivity contribution in [3.05, 3.63) is 48.0 Å². The van der Waals surface area contributed by atoms with E-state index in [2.05, 4.69) is 25.3 Å². The molecule has 2 heterocycles. The second-order valence-electron chi connectivity index (χ2n) is 4.13. The number of fused-ring (bicyclic) bond motifs is 1. The number of aromatic nitrogens is 4. The van der Waals surface area contributed by atoms with Crippen molar-refractivity contribution in [2.24, 2.45) is 0 Å². The van der Waals surface area contributed by atoms with Crippen LogP contribution in [-0.4, -0.2) is 30.9 Å². The zero-order chi connectivity index (χ0) is 13.9. The lowest BCUT2D eigenvalue weighted by atomic mass is 10.1. The molecule has 1 aromatic carbocycles. The van der Waals surface area contributed by atoms with Crippen LogP contribution in [0, 0.1) is 0 Å². The maximum atomic E-state index is 12.1.